The fraction of sp³-hybridized carbons (Fsp3) is 0.571. The second-order valence-electron chi connectivity index (χ2n) is 4.31. The summed E-state index contributed by atoms with van der Waals surface area (Å²) in [6.07, 6.45) is 2.22. The van der Waals surface area contributed by atoms with Crippen LogP contribution in [0.2, 0.25) is 10.0 Å². The molecular formula is C14H22Cl2NO+. The predicted molar refractivity (Wildman–Crippen MR) is 78.1 cm³/mol. The molecule has 0 saturated heterocycles. The Morgan fingerprint density at radius 3 is 2.50 bits per heavy atom. The molecule has 0 bridgehead atoms. The summed E-state index contributed by atoms with van der Waals surface area (Å²) in [6, 6.07) is 5.47. The molecule has 0 saturated carbocycles. The Morgan fingerprint density at radius 1 is 1.11 bits per heavy atom. The first-order valence-electron chi connectivity index (χ1n) is 6.59. The van der Waals surface area contributed by atoms with Gasteiger partial charge >= 0.3 is 0 Å². The maximum atomic E-state index is 6.04. The van der Waals surface area contributed by atoms with Crippen LogP contribution in [0, 0.1) is 0 Å². The van der Waals surface area contributed by atoms with Crippen LogP contribution in [0.1, 0.15) is 26.7 Å². The van der Waals surface area contributed by atoms with E-state index in [-0.39, 0.29) is 0 Å². The minimum Gasteiger partial charge on any atom is -0.492 e. The summed E-state index contributed by atoms with van der Waals surface area (Å²) < 4.78 is 5.64. The van der Waals surface area contributed by atoms with Crippen LogP contribution in [0.25, 0.3) is 0 Å². The van der Waals surface area contributed by atoms with Crippen LogP contribution in [0.3, 0.4) is 0 Å². The van der Waals surface area contributed by atoms with Crippen molar-refractivity contribution in [1.82, 2.24) is 0 Å². The summed E-state index contributed by atoms with van der Waals surface area (Å²) in [6.45, 7) is 8.73. The summed E-state index contributed by atoms with van der Waals surface area (Å²) >= 11 is 12.0. The van der Waals surface area contributed by atoms with Gasteiger partial charge in [0, 0.05) is 0 Å². The molecule has 0 atom stereocenters. The normalized spacial score (nSPS) is 10.9. The summed E-state index contributed by atoms with van der Waals surface area (Å²) in [5, 5.41) is 1.05. The molecule has 1 N–H and O–H groups in total. The van der Waals surface area contributed by atoms with Crippen LogP contribution in [-0.2, 0) is 0 Å². The Labute approximate surface area is 120 Å². The third-order valence-electron chi connectivity index (χ3n) is 3.10. The lowest BCUT2D eigenvalue weighted by molar-refractivity contribution is -0.896. The zero-order valence-corrected chi connectivity index (χ0v) is 12.7. The Hall–Kier alpha value is -0.440. The molecule has 0 heterocycles. The quantitative estimate of drug-likeness (QED) is 0.727. The molecule has 2 nitrogen and oxygen atoms in total. The first-order valence-corrected chi connectivity index (χ1v) is 7.35. The Morgan fingerprint density at radius 2 is 1.83 bits per heavy atom. The lowest BCUT2D eigenvalue weighted by Crippen LogP contribution is -3.11. The van der Waals surface area contributed by atoms with Crippen molar-refractivity contribution in [3.05, 3.63) is 28.2 Å². The third-order valence-corrected chi connectivity index (χ3v) is 3.90. The average Bonchev–Trinajstić information content (AvgIpc) is 2.38. The number of hydrogen-bond acceptors (Lipinski definition) is 1. The summed E-state index contributed by atoms with van der Waals surface area (Å²) in [5.41, 5.74) is 0. The third kappa shape index (κ3) is 5.05. The predicted octanol–water partition coefficient (Wildman–Crippen LogP) is 3.08. The monoisotopic (exact) mass is 290 g/mol. The number of ether oxygens (including phenoxy) is 1. The molecule has 0 aliphatic carbocycles. The molecular weight excluding hydrogens is 269 g/mol. The molecule has 0 unspecified atom stereocenters. The van der Waals surface area contributed by atoms with Crippen LogP contribution >= 0.6 is 23.2 Å². The van der Waals surface area contributed by atoms with Gasteiger partial charge < -0.3 is 9.64 Å². The van der Waals surface area contributed by atoms with E-state index in [0.717, 1.165) is 6.42 Å². The lowest BCUT2D eigenvalue weighted by atomic mass is 10.3. The number of benzene rings is 1. The van der Waals surface area contributed by atoms with E-state index in [1.54, 1.807) is 11.0 Å². The summed E-state index contributed by atoms with van der Waals surface area (Å²) in [5.74, 6) is 0.680. The van der Waals surface area contributed by atoms with Crippen molar-refractivity contribution in [3.8, 4) is 5.75 Å². The van der Waals surface area contributed by atoms with Gasteiger partial charge in [-0.2, -0.15) is 0 Å². The van der Waals surface area contributed by atoms with Gasteiger partial charge in [-0.05, 0) is 38.8 Å². The van der Waals surface area contributed by atoms with Crippen molar-refractivity contribution >= 4 is 23.2 Å². The van der Waals surface area contributed by atoms with E-state index in [9.17, 15) is 0 Å². The lowest BCUT2D eigenvalue weighted by Gasteiger charge is -2.15. The first-order chi connectivity index (χ1) is 8.69. The van der Waals surface area contributed by atoms with Crippen LogP contribution in [0.4, 0.5) is 0 Å². The number of nitrogens with one attached hydrogen (secondary N) is 1. The van der Waals surface area contributed by atoms with Gasteiger partial charge in [0.05, 0.1) is 31.3 Å². The van der Waals surface area contributed by atoms with Gasteiger partial charge in [0.1, 0.15) is 10.8 Å². The zero-order valence-electron chi connectivity index (χ0n) is 11.1. The van der Waals surface area contributed by atoms with Gasteiger partial charge in [-0.3, -0.25) is 0 Å². The number of hydrogen-bond donors (Lipinski definition) is 1. The van der Waals surface area contributed by atoms with E-state index in [1.807, 2.05) is 12.1 Å². The molecule has 1 aromatic rings. The number of quaternary nitrogens is 1. The molecule has 18 heavy (non-hydrogen) atoms. The smallest absolute Gasteiger partial charge is 0.139 e. The van der Waals surface area contributed by atoms with Crippen molar-refractivity contribution in [2.24, 2.45) is 0 Å². The van der Waals surface area contributed by atoms with E-state index in [0.29, 0.717) is 22.4 Å². The number of halogens is 2. The molecule has 0 aliphatic heterocycles. The molecule has 102 valence electrons. The largest absolute Gasteiger partial charge is 0.492 e. The minimum absolute atomic E-state index is 0.508. The van der Waals surface area contributed by atoms with Crippen LogP contribution < -0.4 is 9.64 Å². The minimum atomic E-state index is 0.508. The zero-order chi connectivity index (χ0) is 13.4. The van der Waals surface area contributed by atoms with Crippen LogP contribution in [0.5, 0.6) is 5.75 Å². The standard InChI is InChI=1S/C14H21Cl2NO/c1-3-17(4-2)10-5-6-11-18-13-9-7-8-12(15)14(13)16/h7-9H,3-6,10-11H2,1-2H3/p+1. The molecule has 0 aliphatic rings. The van der Waals surface area contributed by atoms with Gasteiger partial charge in [0.25, 0.3) is 0 Å². The molecule has 0 radical (unpaired) electrons. The van der Waals surface area contributed by atoms with Crippen molar-refractivity contribution in [3.63, 3.8) is 0 Å². The highest BCUT2D eigenvalue weighted by Crippen LogP contribution is 2.31. The van der Waals surface area contributed by atoms with Gasteiger partial charge in [0.2, 0.25) is 0 Å². The van der Waals surface area contributed by atoms with Gasteiger partial charge in [-0.1, -0.05) is 29.3 Å². The number of rotatable bonds is 8. The summed E-state index contributed by atoms with van der Waals surface area (Å²) in [7, 11) is 0. The van der Waals surface area contributed by atoms with Crippen LogP contribution in [0.15, 0.2) is 18.2 Å². The van der Waals surface area contributed by atoms with Crippen molar-refractivity contribution in [1.29, 1.82) is 0 Å². The maximum absolute atomic E-state index is 6.04. The van der Waals surface area contributed by atoms with E-state index in [1.165, 1.54) is 26.1 Å². The molecule has 0 fully saturated rings. The Kier molecular flexibility index (Phi) is 7.48. The van der Waals surface area contributed by atoms with Crippen molar-refractivity contribution < 1.29 is 9.64 Å². The maximum Gasteiger partial charge on any atom is 0.139 e. The summed E-state index contributed by atoms with van der Waals surface area (Å²) in [4.78, 5) is 1.63. The van der Waals surface area contributed by atoms with E-state index in [2.05, 4.69) is 13.8 Å². The molecule has 1 rings (SSSR count). The van der Waals surface area contributed by atoms with E-state index in [4.69, 9.17) is 27.9 Å². The molecule has 0 spiro atoms. The van der Waals surface area contributed by atoms with Crippen molar-refractivity contribution in [2.45, 2.75) is 26.7 Å². The van der Waals surface area contributed by atoms with Crippen LogP contribution in [-0.4, -0.2) is 26.2 Å². The van der Waals surface area contributed by atoms with Crippen molar-refractivity contribution in [2.75, 3.05) is 26.2 Å². The van der Waals surface area contributed by atoms with Gasteiger partial charge in [0.15, 0.2) is 0 Å². The average molecular weight is 291 g/mol. The highest BCUT2D eigenvalue weighted by molar-refractivity contribution is 6.42. The Balaban J connectivity index is 2.24. The fourth-order valence-electron chi connectivity index (χ4n) is 1.86. The second kappa shape index (κ2) is 8.63. The molecule has 4 heteroatoms. The SMILES string of the molecule is CC[NH+](CC)CCCCOc1cccc(Cl)c1Cl. The molecule has 1 aromatic carbocycles. The molecule has 0 aromatic heterocycles. The molecule has 0 amide bonds. The van der Waals surface area contributed by atoms with E-state index >= 15 is 0 Å². The highest BCUT2D eigenvalue weighted by atomic mass is 35.5. The fourth-order valence-corrected chi connectivity index (χ4v) is 2.20. The highest BCUT2D eigenvalue weighted by Gasteiger charge is 2.05. The Bertz CT molecular complexity index is 354. The first kappa shape index (κ1) is 15.6. The topological polar surface area (TPSA) is 13.7 Å². The number of unbranched alkanes of at least 4 members (excludes halogenated alkanes) is 1. The van der Waals surface area contributed by atoms with Gasteiger partial charge in [-0.15, -0.1) is 0 Å². The second-order valence-corrected chi connectivity index (χ2v) is 5.10. The van der Waals surface area contributed by atoms with Gasteiger partial charge in [-0.25, -0.2) is 0 Å². The van der Waals surface area contributed by atoms with E-state index < -0.39 is 0 Å².